The fraction of sp³-hybridized carbons (Fsp3) is 0.679. The van der Waals surface area contributed by atoms with Gasteiger partial charge in [0.05, 0.1) is 26.0 Å². The summed E-state index contributed by atoms with van der Waals surface area (Å²) in [5.74, 6) is 0.437. The Morgan fingerprint density at radius 2 is 1.78 bits per heavy atom. The number of rotatable bonds is 17. The van der Waals surface area contributed by atoms with E-state index >= 15 is 0 Å². The summed E-state index contributed by atoms with van der Waals surface area (Å²) in [4.78, 5) is 12.7. The van der Waals surface area contributed by atoms with Crippen molar-refractivity contribution in [2.24, 2.45) is 0 Å². The highest BCUT2D eigenvalue weighted by Gasteiger charge is 2.32. The third-order valence-corrected chi connectivity index (χ3v) is 10.5. The van der Waals surface area contributed by atoms with Crippen LogP contribution in [-0.4, -0.2) is 53.1 Å². The lowest BCUT2D eigenvalue weighted by atomic mass is 9.89. The van der Waals surface area contributed by atoms with Gasteiger partial charge in [-0.05, 0) is 57.2 Å². The molecule has 0 radical (unpaired) electrons. The van der Waals surface area contributed by atoms with Crippen LogP contribution in [0.5, 0.6) is 5.75 Å². The second-order valence-electron chi connectivity index (χ2n) is 10.6. The summed E-state index contributed by atoms with van der Waals surface area (Å²) in [6, 6.07) is 1.03. The smallest absolute Gasteiger partial charge is 0.342 e. The van der Waals surface area contributed by atoms with Crippen molar-refractivity contribution in [1.29, 1.82) is 0 Å². The Morgan fingerprint density at radius 1 is 1.11 bits per heavy atom. The zero-order chi connectivity index (χ0) is 27.6. The molecule has 1 aromatic rings. The van der Waals surface area contributed by atoms with Gasteiger partial charge in [0.1, 0.15) is 17.9 Å². The van der Waals surface area contributed by atoms with Crippen molar-refractivity contribution in [2.45, 2.75) is 86.2 Å². The molecule has 0 atom stereocenters. The number of hydrogen-bond acceptors (Lipinski definition) is 7. The zero-order valence-electron chi connectivity index (χ0n) is 24.3. The van der Waals surface area contributed by atoms with E-state index < -0.39 is 15.7 Å². The van der Waals surface area contributed by atoms with Gasteiger partial charge in [0.2, 0.25) is 0 Å². The third-order valence-electron chi connectivity index (χ3n) is 6.69. The lowest BCUT2D eigenvalue weighted by Crippen LogP contribution is -2.23. The number of ether oxygens (including phenoxy) is 2. The van der Waals surface area contributed by atoms with E-state index in [9.17, 15) is 9.36 Å². The van der Waals surface area contributed by atoms with Crippen LogP contribution < -0.4 is 10.1 Å². The number of esters is 1. The third kappa shape index (κ3) is 9.07. The maximum Gasteiger partial charge on any atom is 0.342 e. The molecule has 1 aromatic carbocycles. The summed E-state index contributed by atoms with van der Waals surface area (Å²) in [6.45, 7) is 19.9. The van der Waals surface area contributed by atoms with Crippen molar-refractivity contribution >= 4 is 21.6 Å². The molecular weight excluding hydrogens is 505 g/mol. The number of allylic oxidation sites excluding steroid dienone is 1. The first-order valence-electron chi connectivity index (χ1n) is 13.7. The summed E-state index contributed by atoms with van der Waals surface area (Å²) in [6.07, 6.45) is 5.02. The minimum Gasteiger partial charge on any atom is -0.493 e. The minimum atomic E-state index is -3.05. The highest BCUT2D eigenvalue weighted by Crippen LogP contribution is 2.47. The van der Waals surface area contributed by atoms with Crippen LogP contribution in [0.1, 0.15) is 66.7 Å². The van der Waals surface area contributed by atoms with Crippen molar-refractivity contribution in [3.05, 3.63) is 39.5 Å². The molecule has 0 unspecified atom stereocenters. The summed E-state index contributed by atoms with van der Waals surface area (Å²) in [7, 11) is -4.34. The van der Waals surface area contributed by atoms with E-state index in [-0.39, 0.29) is 5.97 Å². The van der Waals surface area contributed by atoms with E-state index in [0.717, 1.165) is 35.6 Å². The number of cyclic esters (lactones) is 1. The van der Waals surface area contributed by atoms with Crippen LogP contribution in [0.4, 0.5) is 0 Å². The predicted octanol–water partition coefficient (Wildman–Crippen LogP) is 6.68. The standard InChI is InChI=1S/C28H48NO6PSi/c1-9-22(19-29-15-17-36(31,34-11-3)35-12-4)13-14-24-23(10-2)21(5)25-20-33-28(30)26(25)27(24)32-16-18-37(6,7)8/h13,29H,9-12,14-20H2,1-8H3/b22-13+. The molecule has 0 aromatic heterocycles. The summed E-state index contributed by atoms with van der Waals surface area (Å²) < 4.78 is 35.3. The van der Waals surface area contributed by atoms with Crippen molar-refractivity contribution < 1.29 is 27.9 Å². The Morgan fingerprint density at radius 3 is 2.35 bits per heavy atom. The molecule has 0 saturated heterocycles. The van der Waals surface area contributed by atoms with E-state index in [1.807, 2.05) is 13.8 Å². The van der Waals surface area contributed by atoms with E-state index in [2.05, 4.69) is 51.8 Å². The van der Waals surface area contributed by atoms with E-state index in [4.69, 9.17) is 18.5 Å². The molecule has 0 spiro atoms. The first kappa shape index (κ1) is 31.8. The van der Waals surface area contributed by atoms with E-state index in [1.54, 1.807) is 0 Å². The molecular formula is C28H48NO6PSi. The molecule has 1 aliphatic rings. The summed E-state index contributed by atoms with van der Waals surface area (Å²) in [5.41, 5.74) is 6.32. The van der Waals surface area contributed by atoms with Gasteiger partial charge in [-0.2, -0.15) is 0 Å². The largest absolute Gasteiger partial charge is 0.493 e. The van der Waals surface area contributed by atoms with Gasteiger partial charge in [-0.3, -0.25) is 4.57 Å². The van der Waals surface area contributed by atoms with Crippen molar-refractivity contribution in [1.82, 2.24) is 5.32 Å². The quantitative estimate of drug-likeness (QED) is 0.0757. The Bertz CT molecular complexity index is 992. The topological polar surface area (TPSA) is 83.1 Å². The number of carbonyl (C=O) groups excluding carboxylic acids is 1. The lowest BCUT2D eigenvalue weighted by molar-refractivity contribution is 0.0532. The van der Waals surface area contributed by atoms with Crippen LogP contribution in [0.3, 0.4) is 0 Å². The Labute approximate surface area is 225 Å². The Hall–Kier alpha value is -1.44. The number of fused-ring (bicyclic) bond motifs is 1. The molecule has 0 saturated carbocycles. The molecule has 1 aliphatic heterocycles. The van der Waals surface area contributed by atoms with Gasteiger partial charge in [-0.25, -0.2) is 4.79 Å². The molecule has 1 heterocycles. The van der Waals surface area contributed by atoms with Crippen molar-refractivity contribution in [3.63, 3.8) is 0 Å². The number of hydrogen-bond donors (Lipinski definition) is 1. The van der Waals surface area contributed by atoms with Crippen LogP contribution >= 0.6 is 7.60 Å². The maximum atomic E-state index is 12.7. The number of benzene rings is 1. The molecule has 0 aliphatic carbocycles. The maximum absolute atomic E-state index is 12.7. The number of nitrogens with one attached hydrogen (secondary N) is 1. The molecule has 7 nitrogen and oxygen atoms in total. The predicted molar refractivity (Wildman–Crippen MR) is 154 cm³/mol. The Balaban J connectivity index is 2.24. The zero-order valence-corrected chi connectivity index (χ0v) is 26.1. The van der Waals surface area contributed by atoms with Gasteiger partial charge in [0.25, 0.3) is 0 Å². The first-order valence-corrected chi connectivity index (χ1v) is 19.2. The van der Waals surface area contributed by atoms with Gasteiger partial charge < -0.3 is 23.8 Å². The monoisotopic (exact) mass is 553 g/mol. The molecule has 0 bridgehead atoms. The average Bonchev–Trinajstić information content (AvgIpc) is 3.21. The molecule has 2 rings (SSSR count). The molecule has 0 amide bonds. The minimum absolute atomic E-state index is 0.278. The summed E-state index contributed by atoms with van der Waals surface area (Å²) in [5, 5.41) is 3.40. The van der Waals surface area contributed by atoms with Crippen LogP contribution in [0.15, 0.2) is 11.6 Å². The SMILES string of the molecule is CCOP(=O)(CCNC/C(=C/Cc1c(CC)c(C)c2c(c1OCC[Si](C)(C)C)C(=O)OC2)CC)OCC. The normalized spacial score (nSPS) is 14.2. The molecule has 9 heteroatoms. The molecule has 210 valence electrons. The van der Waals surface area contributed by atoms with E-state index in [1.165, 1.54) is 11.1 Å². The van der Waals surface area contributed by atoms with Gasteiger partial charge in [0.15, 0.2) is 0 Å². The highest BCUT2D eigenvalue weighted by atomic mass is 31.2. The van der Waals surface area contributed by atoms with Gasteiger partial charge in [-0.15, -0.1) is 0 Å². The van der Waals surface area contributed by atoms with E-state index in [0.29, 0.717) is 63.4 Å². The molecule has 37 heavy (non-hydrogen) atoms. The fourth-order valence-electron chi connectivity index (χ4n) is 4.55. The second-order valence-corrected chi connectivity index (χ2v) is 18.4. The van der Waals surface area contributed by atoms with Crippen molar-refractivity contribution in [3.8, 4) is 5.75 Å². The Kier molecular flexibility index (Phi) is 12.6. The first-order chi connectivity index (χ1) is 17.5. The van der Waals surface area contributed by atoms with Crippen LogP contribution in [0, 0.1) is 6.92 Å². The fourth-order valence-corrected chi connectivity index (χ4v) is 6.82. The van der Waals surface area contributed by atoms with Crippen LogP contribution in [-0.2, 0) is 37.8 Å². The molecule has 0 fully saturated rings. The van der Waals surface area contributed by atoms with Crippen LogP contribution in [0.2, 0.25) is 25.7 Å². The van der Waals surface area contributed by atoms with Crippen molar-refractivity contribution in [2.75, 3.05) is 39.1 Å². The van der Waals surface area contributed by atoms with Crippen LogP contribution in [0.25, 0.3) is 0 Å². The van der Waals surface area contributed by atoms with Gasteiger partial charge in [0, 0.05) is 32.3 Å². The average molecular weight is 554 g/mol. The second kappa shape index (κ2) is 14.6. The summed E-state index contributed by atoms with van der Waals surface area (Å²) >= 11 is 0. The number of carbonyl (C=O) groups is 1. The molecule has 1 N–H and O–H groups in total. The lowest BCUT2D eigenvalue weighted by Gasteiger charge is -2.22. The van der Waals surface area contributed by atoms with Gasteiger partial charge >= 0.3 is 13.6 Å². The van der Waals surface area contributed by atoms with Gasteiger partial charge in [-0.1, -0.05) is 45.1 Å². The highest BCUT2D eigenvalue weighted by molar-refractivity contribution is 7.53.